The van der Waals surface area contributed by atoms with Crippen molar-refractivity contribution in [2.24, 2.45) is 0 Å². The van der Waals surface area contributed by atoms with Gasteiger partial charge in [-0.3, -0.25) is 4.98 Å². The Balaban J connectivity index is 1.36. The molecule has 2 aromatic heterocycles. The van der Waals surface area contributed by atoms with E-state index in [9.17, 15) is 13.6 Å². The Hall–Kier alpha value is -3.36. The van der Waals surface area contributed by atoms with Crippen LogP contribution in [0.4, 0.5) is 13.6 Å². The van der Waals surface area contributed by atoms with Crippen LogP contribution in [-0.4, -0.2) is 39.2 Å². The van der Waals surface area contributed by atoms with Gasteiger partial charge < -0.3 is 14.2 Å². The molecule has 0 radical (unpaired) electrons. The number of carbonyl (C=O) groups excluding carboxylic acids is 1. The fourth-order valence-corrected chi connectivity index (χ4v) is 3.15. The molecule has 1 saturated heterocycles. The lowest BCUT2D eigenvalue weighted by Gasteiger charge is -2.29. The predicted molar refractivity (Wildman–Crippen MR) is 98.2 cm³/mol. The molecule has 3 aromatic rings. The smallest absolute Gasteiger partial charge is 0.409 e. The van der Waals surface area contributed by atoms with Gasteiger partial charge in [0, 0.05) is 30.3 Å². The van der Waals surface area contributed by atoms with Crippen molar-refractivity contribution in [2.75, 3.05) is 13.1 Å². The van der Waals surface area contributed by atoms with Gasteiger partial charge in [0.1, 0.15) is 0 Å². The quantitative estimate of drug-likeness (QED) is 0.659. The summed E-state index contributed by atoms with van der Waals surface area (Å²) in [7, 11) is 0. The normalized spacial score (nSPS) is 14.8. The topological polar surface area (TPSA) is 81.4 Å². The number of nitrogens with zero attached hydrogens (tertiary/aromatic N) is 4. The number of aromatic nitrogens is 3. The van der Waals surface area contributed by atoms with Gasteiger partial charge in [0.25, 0.3) is 5.89 Å². The number of benzene rings is 1. The van der Waals surface area contributed by atoms with Crippen molar-refractivity contribution in [3.05, 3.63) is 59.7 Å². The van der Waals surface area contributed by atoms with E-state index in [4.69, 9.17) is 9.26 Å². The number of aryl methyl sites for hydroxylation is 1. The minimum atomic E-state index is -0.974. The first kappa shape index (κ1) is 19.0. The minimum Gasteiger partial charge on any atom is -0.409 e. The van der Waals surface area contributed by atoms with E-state index in [0.717, 1.165) is 17.8 Å². The summed E-state index contributed by atoms with van der Waals surface area (Å²) in [5.41, 5.74) is 1.16. The first-order valence-electron chi connectivity index (χ1n) is 9.18. The highest BCUT2D eigenvalue weighted by molar-refractivity contribution is 5.70. The number of amides is 1. The standard InChI is InChI=1S/C20H18F2N4O3/c1-12-2-4-15(11-23-12)28-20(27)26-8-6-13(7-9-26)18-24-19(29-25-18)14-3-5-16(21)17(22)10-14/h2-5,10-11,13H,6-9H2,1H3. The van der Waals surface area contributed by atoms with Gasteiger partial charge in [-0.2, -0.15) is 4.98 Å². The number of likely N-dealkylation sites (tertiary alicyclic amines) is 1. The van der Waals surface area contributed by atoms with E-state index < -0.39 is 17.7 Å². The predicted octanol–water partition coefficient (Wildman–Crippen LogP) is 4.10. The molecule has 1 amide bonds. The number of pyridine rings is 1. The molecular weight excluding hydrogens is 382 g/mol. The summed E-state index contributed by atoms with van der Waals surface area (Å²) in [6.07, 6.45) is 2.36. The van der Waals surface area contributed by atoms with Gasteiger partial charge >= 0.3 is 6.09 Å². The van der Waals surface area contributed by atoms with E-state index in [1.54, 1.807) is 17.0 Å². The van der Waals surface area contributed by atoms with Gasteiger partial charge in [-0.15, -0.1) is 0 Å². The zero-order valence-corrected chi connectivity index (χ0v) is 15.6. The Labute approximate surface area is 165 Å². The number of carbonyl (C=O) groups is 1. The molecule has 0 spiro atoms. The minimum absolute atomic E-state index is 0.00267. The molecule has 0 unspecified atom stereocenters. The number of halogens is 2. The molecule has 3 heterocycles. The van der Waals surface area contributed by atoms with Gasteiger partial charge in [-0.1, -0.05) is 5.16 Å². The van der Waals surface area contributed by atoms with Crippen molar-refractivity contribution >= 4 is 6.09 Å². The van der Waals surface area contributed by atoms with Crippen LogP contribution in [0.1, 0.15) is 30.3 Å². The average molecular weight is 400 g/mol. The van der Waals surface area contributed by atoms with Gasteiger partial charge in [0.05, 0.1) is 6.20 Å². The SMILES string of the molecule is Cc1ccc(OC(=O)N2CCC(c3noc(-c4ccc(F)c(F)c4)n3)CC2)cn1. The molecular formula is C20H18F2N4O3. The van der Waals surface area contributed by atoms with Crippen molar-refractivity contribution in [3.8, 4) is 17.2 Å². The third kappa shape index (κ3) is 4.23. The molecule has 29 heavy (non-hydrogen) atoms. The molecule has 1 aliphatic heterocycles. The van der Waals surface area contributed by atoms with Crippen molar-refractivity contribution in [1.82, 2.24) is 20.0 Å². The maximum Gasteiger partial charge on any atom is 0.415 e. The Morgan fingerprint density at radius 1 is 1.17 bits per heavy atom. The Morgan fingerprint density at radius 2 is 1.97 bits per heavy atom. The molecule has 0 aliphatic carbocycles. The van der Waals surface area contributed by atoms with Crippen molar-refractivity contribution < 1.29 is 22.8 Å². The Kier molecular flexibility index (Phi) is 5.20. The van der Waals surface area contributed by atoms with Gasteiger partial charge in [-0.05, 0) is 50.1 Å². The van der Waals surface area contributed by atoms with Crippen molar-refractivity contribution in [3.63, 3.8) is 0 Å². The third-order valence-corrected chi connectivity index (χ3v) is 4.82. The van der Waals surface area contributed by atoms with Gasteiger partial charge in [-0.25, -0.2) is 13.6 Å². The van der Waals surface area contributed by atoms with Gasteiger partial charge in [0.2, 0.25) is 0 Å². The molecule has 4 rings (SSSR count). The van der Waals surface area contributed by atoms with E-state index in [-0.39, 0.29) is 11.8 Å². The van der Waals surface area contributed by atoms with E-state index in [1.165, 1.54) is 12.3 Å². The lowest BCUT2D eigenvalue weighted by molar-refractivity contribution is 0.137. The number of hydrogen-bond donors (Lipinski definition) is 0. The summed E-state index contributed by atoms with van der Waals surface area (Å²) in [4.78, 5) is 22.3. The highest BCUT2D eigenvalue weighted by atomic mass is 19.2. The maximum atomic E-state index is 13.4. The van der Waals surface area contributed by atoms with Crippen LogP contribution in [0, 0.1) is 18.6 Å². The second kappa shape index (κ2) is 7.94. The summed E-state index contributed by atoms with van der Waals surface area (Å²) in [5, 5.41) is 3.97. The molecule has 0 N–H and O–H groups in total. The molecule has 1 aromatic carbocycles. The van der Waals surface area contributed by atoms with Crippen LogP contribution in [0.2, 0.25) is 0 Å². The van der Waals surface area contributed by atoms with Crippen LogP contribution >= 0.6 is 0 Å². The largest absolute Gasteiger partial charge is 0.415 e. The monoisotopic (exact) mass is 400 g/mol. The van der Waals surface area contributed by atoms with Crippen LogP contribution in [0.5, 0.6) is 5.75 Å². The third-order valence-electron chi connectivity index (χ3n) is 4.82. The van der Waals surface area contributed by atoms with E-state index in [0.29, 0.717) is 43.1 Å². The molecule has 1 aliphatic rings. The Bertz CT molecular complexity index is 1010. The summed E-state index contributed by atoms with van der Waals surface area (Å²) < 4.78 is 37.0. The fourth-order valence-electron chi connectivity index (χ4n) is 3.15. The lowest BCUT2D eigenvalue weighted by atomic mass is 9.96. The molecule has 0 bridgehead atoms. The highest BCUT2D eigenvalue weighted by Crippen LogP contribution is 2.29. The number of hydrogen-bond acceptors (Lipinski definition) is 6. The average Bonchev–Trinajstić information content (AvgIpc) is 3.22. The number of piperidine rings is 1. The number of rotatable bonds is 3. The summed E-state index contributed by atoms with van der Waals surface area (Å²) in [5.74, 6) is -0.889. The van der Waals surface area contributed by atoms with Crippen molar-refractivity contribution in [2.45, 2.75) is 25.7 Å². The molecule has 9 heteroatoms. The van der Waals surface area contributed by atoms with E-state index in [1.807, 2.05) is 6.92 Å². The van der Waals surface area contributed by atoms with Crippen LogP contribution in [0.25, 0.3) is 11.5 Å². The van der Waals surface area contributed by atoms with E-state index >= 15 is 0 Å². The first-order valence-corrected chi connectivity index (χ1v) is 9.18. The summed E-state index contributed by atoms with van der Waals surface area (Å²) in [6.45, 7) is 2.82. The van der Waals surface area contributed by atoms with Crippen LogP contribution in [0.15, 0.2) is 41.1 Å². The summed E-state index contributed by atoms with van der Waals surface area (Å²) in [6, 6.07) is 6.89. The molecule has 150 valence electrons. The molecule has 0 atom stereocenters. The number of ether oxygens (including phenoxy) is 1. The van der Waals surface area contributed by atoms with Crippen LogP contribution < -0.4 is 4.74 Å². The first-order chi connectivity index (χ1) is 14.0. The molecule has 0 saturated carbocycles. The van der Waals surface area contributed by atoms with Crippen molar-refractivity contribution in [1.29, 1.82) is 0 Å². The highest BCUT2D eigenvalue weighted by Gasteiger charge is 2.28. The van der Waals surface area contributed by atoms with E-state index in [2.05, 4.69) is 15.1 Å². The van der Waals surface area contributed by atoms with Crippen LogP contribution in [-0.2, 0) is 0 Å². The molecule has 1 fully saturated rings. The second-order valence-electron chi connectivity index (χ2n) is 6.85. The van der Waals surface area contributed by atoms with Crippen LogP contribution in [0.3, 0.4) is 0 Å². The zero-order chi connectivity index (χ0) is 20.4. The lowest BCUT2D eigenvalue weighted by Crippen LogP contribution is -2.39. The zero-order valence-electron chi connectivity index (χ0n) is 15.6. The second-order valence-corrected chi connectivity index (χ2v) is 6.85. The van der Waals surface area contributed by atoms with Gasteiger partial charge in [0.15, 0.2) is 23.2 Å². The fraction of sp³-hybridized carbons (Fsp3) is 0.300. The molecule has 7 nitrogen and oxygen atoms in total. The maximum absolute atomic E-state index is 13.4. The Morgan fingerprint density at radius 3 is 2.66 bits per heavy atom. The summed E-state index contributed by atoms with van der Waals surface area (Å²) >= 11 is 0.